The number of carbonyl (C=O) groups excluding carboxylic acids is 1. The number of para-hydroxylation sites is 1. The molecular weight excluding hydrogens is 344 g/mol. The van der Waals surface area contributed by atoms with E-state index in [-0.39, 0.29) is 11.9 Å². The molecular formula is C22H25ClN2O. The van der Waals surface area contributed by atoms with Crippen molar-refractivity contribution < 1.29 is 4.79 Å². The summed E-state index contributed by atoms with van der Waals surface area (Å²) < 4.78 is 0. The first kappa shape index (κ1) is 16.6. The first-order chi connectivity index (χ1) is 12.5. The van der Waals surface area contributed by atoms with Crippen LogP contribution in [0.3, 0.4) is 0 Å². The number of nitrogens with one attached hydrogen (secondary N) is 1. The molecule has 1 aromatic carbocycles. The number of carbonyl (C=O) groups is 1. The van der Waals surface area contributed by atoms with Gasteiger partial charge >= 0.3 is 0 Å². The number of benzene rings is 1. The number of hydrogen-bond acceptors (Lipinski definition) is 2. The smallest absolute Gasteiger partial charge is 0.254 e. The molecule has 4 aliphatic rings. The first-order valence-electron chi connectivity index (χ1n) is 9.88. The van der Waals surface area contributed by atoms with Crippen LogP contribution in [0.25, 0.3) is 10.9 Å². The van der Waals surface area contributed by atoms with E-state index in [4.69, 9.17) is 11.6 Å². The van der Waals surface area contributed by atoms with E-state index in [0.717, 1.165) is 28.7 Å². The van der Waals surface area contributed by atoms with Crippen LogP contribution in [-0.4, -0.2) is 16.9 Å². The fourth-order valence-electron chi connectivity index (χ4n) is 6.39. The highest BCUT2D eigenvalue weighted by molar-refractivity contribution is 6.33. The van der Waals surface area contributed by atoms with Crippen molar-refractivity contribution in [3.63, 3.8) is 0 Å². The van der Waals surface area contributed by atoms with Crippen molar-refractivity contribution in [2.45, 2.75) is 51.5 Å². The third kappa shape index (κ3) is 2.63. The Kier molecular flexibility index (Phi) is 3.79. The van der Waals surface area contributed by atoms with E-state index in [1.165, 1.54) is 38.5 Å². The molecule has 4 heteroatoms. The molecule has 1 atom stereocenters. The van der Waals surface area contributed by atoms with Crippen molar-refractivity contribution in [1.29, 1.82) is 0 Å². The third-order valence-corrected chi connectivity index (χ3v) is 7.56. The zero-order chi connectivity index (χ0) is 17.9. The fraction of sp³-hybridized carbons (Fsp3) is 0.545. The summed E-state index contributed by atoms with van der Waals surface area (Å²) in [5.41, 5.74) is 1.60. The molecule has 0 saturated heterocycles. The predicted octanol–water partition coefficient (Wildman–Crippen LogP) is 5.22. The summed E-state index contributed by atoms with van der Waals surface area (Å²) in [6.07, 6.45) is 8.10. The van der Waals surface area contributed by atoms with Crippen LogP contribution in [0.1, 0.15) is 55.8 Å². The van der Waals surface area contributed by atoms with Crippen molar-refractivity contribution >= 4 is 28.4 Å². The second kappa shape index (κ2) is 5.95. The molecule has 4 bridgehead atoms. The maximum Gasteiger partial charge on any atom is 0.254 e. The minimum atomic E-state index is -0.0866. The quantitative estimate of drug-likeness (QED) is 0.754. The van der Waals surface area contributed by atoms with Gasteiger partial charge in [0.25, 0.3) is 5.91 Å². The molecule has 1 aromatic heterocycles. The highest BCUT2D eigenvalue weighted by atomic mass is 35.5. The largest absolute Gasteiger partial charge is 0.349 e. The Labute approximate surface area is 159 Å². The van der Waals surface area contributed by atoms with Crippen LogP contribution in [0.2, 0.25) is 5.15 Å². The van der Waals surface area contributed by atoms with Crippen LogP contribution in [0, 0.1) is 23.2 Å². The summed E-state index contributed by atoms with van der Waals surface area (Å²) in [7, 11) is 0. The summed E-state index contributed by atoms with van der Waals surface area (Å²) in [5.74, 6) is 2.56. The monoisotopic (exact) mass is 368 g/mol. The van der Waals surface area contributed by atoms with Gasteiger partial charge in [0.05, 0.1) is 11.1 Å². The van der Waals surface area contributed by atoms with Crippen LogP contribution >= 0.6 is 11.6 Å². The van der Waals surface area contributed by atoms with E-state index in [0.29, 0.717) is 16.1 Å². The maximum atomic E-state index is 13.0. The average molecular weight is 369 g/mol. The van der Waals surface area contributed by atoms with Gasteiger partial charge in [0.15, 0.2) is 0 Å². The van der Waals surface area contributed by atoms with E-state index < -0.39 is 0 Å². The molecule has 0 spiro atoms. The topological polar surface area (TPSA) is 42.0 Å². The van der Waals surface area contributed by atoms with Gasteiger partial charge in [-0.3, -0.25) is 4.79 Å². The Hall–Kier alpha value is -1.61. The van der Waals surface area contributed by atoms with Gasteiger partial charge in [-0.15, -0.1) is 0 Å². The standard InChI is InChI=1S/C22H25ClN2O/c1-13(22-10-14-6-15(11-22)8-16(7-14)12-22)24-21(26)18-9-17-4-2-3-5-19(17)25-20(18)23/h2-5,9,13-16H,6-8,10-12H2,1H3,(H,24,26). The van der Waals surface area contributed by atoms with Crippen LogP contribution in [-0.2, 0) is 0 Å². The summed E-state index contributed by atoms with van der Waals surface area (Å²) in [6.45, 7) is 2.20. The molecule has 3 nitrogen and oxygen atoms in total. The number of aromatic nitrogens is 1. The second-order valence-corrected chi connectivity index (χ2v) is 9.35. The number of pyridine rings is 1. The Morgan fingerprint density at radius 1 is 1.15 bits per heavy atom. The number of nitrogens with zero attached hydrogens (tertiary/aromatic N) is 1. The van der Waals surface area contributed by atoms with Gasteiger partial charge in [-0.05, 0) is 80.8 Å². The molecule has 2 aromatic rings. The lowest BCUT2D eigenvalue weighted by Gasteiger charge is -2.59. The van der Waals surface area contributed by atoms with Gasteiger partial charge in [0.1, 0.15) is 5.15 Å². The van der Waals surface area contributed by atoms with Crippen molar-refractivity contribution in [1.82, 2.24) is 10.3 Å². The molecule has 0 radical (unpaired) electrons. The van der Waals surface area contributed by atoms with Crippen molar-refractivity contribution in [3.8, 4) is 0 Å². The molecule has 1 unspecified atom stereocenters. The number of fused-ring (bicyclic) bond motifs is 1. The van der Waals surface area contributed by atoms with Gasteiger partial charge in [-0.25, -0.2) is 4.98 Å². The Bertz CT molecular complexity index is 842. The zero-order valence-electron chi connectivity index (χ0n) is 15.2. The predicted molar refractivity (Wildman–Crippen MR) is 104 cm³/mol. The summed E-state index contributed by atoms with van der Waals surface area (Å²) in [5, 5.41) is 4.53. The van der Waals surface area contributed by atoms with E-state index in [1.54, 1.807) is 0 Å². The lowest BCUT2D eigenvalue weighted by Crippen LogP contribution is -2.55. The minimum Gasteiger partial charge on any atom is -0.349 e. The molecule has 4 saturated carbocycles. The summed E-state index contributed by atoms with van der Waals surface area (Å²) in [6, 6.07) is 9.83. The normalized spacial score (nSPS) is 33.4. The Balaban J connectivity index is 1.39. The molecule has 0 aliphatic heterocycles. The van der Waals surface area contributed by atoms with Gasteiger partial charge < -0.3 is 5.32 Å². The van der Waals surface area contributed by atoms with E-state index in [1.807, 2.05) is 30.3 Å². The number of hydrogen-bond donors (Lipinski definition) is 1. The molecule has 1 heterocycles. The molecule has 6 rings (SSSR count). The highest BCUT2D eigenvalue weighted by Gasteiger charge is 2.53. The molecule has 4 aliphatic carbocycles. The lowest BCUT2D eigenvalue weighted by atomic mass is 9.48. The van der Waals surface area contributed by atoms with Gasteiger partial charge in [-0.2, -0.15) is 0 Å². The highest BCUT2D eigenvalue weighted by Crippen LogP contribution is 2.61. The fourth-order valence-corrected chi connectivity index (χ4v) is 6.62. The molecule has 1 N–H and O–H groups in total. The van der Waals surface area contributed by atoms with E-state index in [9.17, 15) is 4.79 Å². The van der Waals surface area contributed by atoms with Crippen LogP contribution in [0.4, 0.5) is 0 Å². The number of rotatable bonds is 3. The Morgan fingerprint density at radius 2 is 1.77 bits per heavy atom. The minimum absolute atomic E-state index is 0.0866. The second-order valence-electron chi connectivity index (χ2n) is 8.99. The van der Waals surface area contributed by atoms with Gasteiger partial charge in [-0.1, -0.05) is 29.8 Å². The maximum absolute atomic E-state index is 13.0. The van der Waals surface area contributed by atoms with E-state index in [2.05, 4.69) is 17.2 Å². The summed E-state index contributed by atoms with van der Waals surface area (Å²) >= 11 is 6.33. The van der Waals surface area contributed by atoms with Gasteiger partial charge in [0, 0.05) is 11.4 Å². The van der Waals surface area contributed by atoms with E-state index >= 15 is 0 Å². The van der Waals surface area contributed by atoms with Crippen LogP contribution in [0.5, 0.6) is 0 Å². The Morgan fingerprint density at radius 3 is 2.42 bits per heavy atom. The average Bonchev–Trinajstić information content (AvgIpc) is 2.59. The van der Waals surface area contributed by atoms with Crippen molar-refractivity contribution in [3.05, 3.63) is 41.0 Å². The summed E-state index contributed by atoms with van der Waals surface area (Å²) in [4.78, 5) is 17.4. The van der Waals surface area contributed by atoms with Crippen molar-refractivity contribution in [2.24, 2.45) is 23.2 Å². The number of amides is 1. The number of halogens is 1. The third-order valence-electron chi connectivity index (χ3n) is 7.27. The molecule has 136 valence electrons. The molecule has 1 amide bonds. The van der Waals surface area contributed by atoms with Crippen molar-refractivity contribution in [2.75, 3.05) is 0 Å². The van der Waals surface area contributed by atoms with Crippen LogP contribution < -0.4 is 5.32 Å². The zero-order valence-corrected chi connectivity index (χ0v) is 15.9. The molecule has 26 heavy (non-hydrogen) atoms. The first-order valence-corrected chi connectivity index (χ1v) is 10.3. The lowest BCUT2D eigenvalue weighted by molar-refractivity contribution is -0.0688. The molecule has 4 fully saturated rings. The van der Waals surface area contributed by atoms with Crippen LogP contribution in [0.15, 0.2) is 30.3 Å². The van der Waals surface area contributed by atoms with Gasteiger partial charge in [0.2, 0.25) is 0 Å². The SMILES string of the molecule is CC(NC(=O)c1cc2ccccc2nc1Cl)C12CC3CC(CC(C3)C1)C2.